The molecule has 0 bridgehead atoms. The molecule has 1 N–H and O–H groups in total. The zero-order valence-corrected chi connectivity index (χ0v) is 8.73. The lowest BCUT2D eigenvalue weighted by atomic mass is 10.1. The van der Waals surface area contributed by atoms with Gasteiger partial charge in [0.1, 0.15) is 12.2 Å². The lowest BCUT2D eigenvalue weighted by molar-refractivity contribution is -0.145. The topological polar surface area (TPSA) is 46.5 Å². The Bertz CT molecular complexity index is 197. The number of hydrogen-bond acceptors (Lipinski definition) is 3. The third kappa shape index (κ3) is 4.29. The summed E-state index contributed by atoms with van der Waals surface area (Å²) in [6.07, 6.45) is 0.444. The van der Waals surface area contributed by atoms with Gasteiger partial charge in [-0.25, -0.2) is 4.79 Å². The van der Waals surface area contributed by atoms with Gasteiger partial charge >= 0.3 is 5.97 Å². The minimum absolute atomic E-state index is 0.0486. The van der Waals surface area contributed by atoms with Crippen LogP contribution >= 0.6 is 11.6 Å². The summed E-state index contributed by atoms with van der Waals surface area (Å²) < 4.78 is 4.78. The Hall–Kier alpha value is -0.540. The summed E-state index contributed by atoms with van der Waals surface area (Å²) in [7, 11) is 0. The van der Waals surface area contributed by atoms with Crippen LogP contribution in [0.4, 0.5) is 0 Å². The number of carbonyl (C=O) groups excluding carboxylic acids is 1. The highest BCUT2D eigenvalue weighted by atomic mass is 35.5. The number of alkyl halides is 1. The van der Waals surface area contributed by atoms with Crippen LogP contribution in [-0.2, 0) is 9.53 Å². The molecular weight excluding hydrogens is 192 g/mol. The first-order valence-corrected chi connectivity index (χ1v) is 4.59. The minimum Gasteiger partial charge on any atom is -0.459 e. The van der Waals surface area contributed by atoms with E-state index in [0.717, 1.165) is 0 Å². The van der Waals surface area contributed by atoms with E-state index in [1.54, 1.807) is 13.8 Å². The van der Waals surface area contributed by atoms with Crippen LogP contribution in [0, 0.1) is 0 Å². The lowest BCUT2D eigenvalue weighted by Gasteiger charge is -2.23. The van der Waals surface area contributed by atoms with E-state index < -0.39 is 11.6 Å². The van der Waals surface area contributed by atoms with Gasteiger partial charge in [-0.2, -0.15) is 0 Å². The molecule has 0 spiro atoms. The van der Waals surface area contributed by atoms with E-state index in [4.69, 9.17) is 16.3 Å². The summed E-state index contributed by atoms with van der Waals surface area (Å²) in [5, 5.41) is 9.62. The Balaban J connectivity index is 4.00. The standard InChI is InChI=1S/C9H15ClO3/c1-4-9(12,5-10)6-13-8(11)7(2)3/h12H,2,4-6H2,1,3H3. The molecule has 13 heavy (non-hydrogen) atoms. The van der Waals surface area contributed by atoms with E-state index in [0.29, 0.717) is 12.0 Å². The van der Waals surface area contributed by atoms with Gasteiger partial charge in [-0.1, -0.05) is 13.5 Å². The average molecular weight is 207 g/mol. The molecule has 0 aromatic heterocycles. The normalized spacial score (nSPS) is 14.8. The van der Waals surface area contributed by atoms with E-state index in [9.17, 15) is 9.90 Å². The largest absolute Gasteiger partial charge is 0.459 e. The van der Waals surface area contributed by atoms with Crippen LogP contribution in [0.2, 0.25) is 0 Å². The third-order valence-corrected chi connectivity index (χ3v) is 2.22. The van der Waals surface area contributed by atoms with E-state index in [1.165, 1.54) is 0 Å². The van der Waals surface area contributed by atoms with Crippen LogP contribution < -0.4 is 0 Å². The van der Waals surface area contributed by atoms with Crippen molar-refractivity contribution in [3.05, 3.63) is 12.2 Å². The van der Waals surface area contributed by atoms with Crippen molar-refractivity contribution < 1.29 is 14.6 Å². The number of esters is 1. The predicted molar refractivity (Wildman–Crippen MR) is 51.7 cm³/mol. The highest BCUT2D eigenvalue weighted by Gasteiger charge is 2.25. The summed E-state index contributed by atoms with van der Waals surface area (Å²) in [5.41, 5.74) is -0.805. The van der Waals surface area contributed by atoms with Crippen LogP contribution in [0.1, 0.15) is 20.3 Å². The van der Waals surface area contributed by atoms with Gasteiger partial charge in [0, 0.05) is 5.57 Å². The van der Waals surface area contributed by atoms with Crippen molar-refractivity contribution in [2.24, 2.45) is 0 Å². The Morgan fingerprint density at radius 3 is 2.54 bits per heavy atom. The van der Waals surface area contributed by atoms with Gasteiger partial charge in [-0.05, 0) is 13.3 Å². The van der Waals surface area contributed by atoms with E-state index in [2.05, 4.69) is 6.58 Å². The molecule has 0 heterocycles. The minimum atomic E-state index is -1.12. The number of aliphatic hydroxyl groups is 1. The van der Waals surface area contributed by atoms with Gasteiger partial charge < -0.3 is 9.84 Å². The number of ether oxygens (including phenoxy) is 1. The van der Waals surface area contributed by atoms with Crippen LogP contribution in [0.5, 0.6) is 0 Å². The molecule has 0 aliphatic carbocycles. The smallest absolute Gasteiger partial charge is 0.333 e. The van der Waals surface area contributed by atoms with Gasteiger partial charge in [-0.3, -0.25) is 0 Å². The lowest BCUT2D eigenvalue weighted by Crippen LogP contribution is -2.36. The first-order valence-electron chi connectivity index (χ1n) is 4.06. The highest BCUT2D eigenvalue weighted by Crippen LogP contribution is 2.13. The van der Waals surface area contributed by atoms with Crippen LogP contribution in [0.25, 0.3) is 0 Å². The zero-order chi connectivity index (χ0) is 10.5. The molecule has 0 radical (unpaired) electrons. The molecule has 0 fully saturated rings. The first kappa shape index (κ1) is 12.5. The Morgan fingerprint density at radius 2 is 2.23 bits per heavy atom. The molecule has 0 saturated carbocycles. The van der Waals surface area contributed by atoms with Crippen LogP contribution in [0.15, 0.2) is 12.2 Å². The van der Waals surface area contributed by atoms with Crippen LogP contribution in [0.3, 0.4) is 0 Å². The molecule has 76 valence electrons. The predicted octanol–water partition coefficient (Wildman–Crippen LogP) is 1.49. The summed E-state index contributed by atoms with van der Waals surface area (Å²) in [5.74, 6) is -0.454. The van der Waals surface area contributed by atoms with E-state index in [-0.39, 0.29) is 12.5 Å². The molecule has 0 rings (SSSR count). The second-order valence-corrected chi connectivity index (χ2v) is 3.34. The maximum absolute atomic E-state index is 10.9. The fraction of sp³-hybridized carbons (Fsp3) is 0.667. The number of carbonyl (C=O) groups is 1. The molecule has 3 nitrogen and oxygen atoms in total. The third-order valence-electron chi connectivity index (χ3n) is 1.73. The second kappa shape index (κ2) is 5.25. The van der Waals surface area contributed by atoms with Crippen molar-refractivity contribution in [2.75, 3.05) is 12.5 Å². The van der Waals surface area contributed by atoms with Gasteiger partial charge in [0.15, 0.2) is 0 Å². The highest BCUT2D eigenvalue weighted by molar-refractivity contribution is 6.18. The Labute approximate surface area is 83.3 Å². The number of hydrogen-bond donors (Lipinski definition) is 1. The van der Waals surface area contributed by atoms with Crippen molar-refractivity contribution in [2.45, 2.75) is 25.9 Å². The monoisotopic (exact) mass is 206 g/mol. The summed E-state index contributed by atoms with van der Waals surface area (Å²) in [4.78, 5) is 10.9. The fourth-order valence-corrected chi connectivity index (χ4v) is 0.824. The summed E-state index contributed by atoms with van der Waals surface area (Å²) in [6, 6.07) is 0. The molecule has 0 saturated heterocycles. The molecule has 0 aliphatic heterocycles. The number of halogens is 1. The molecule has 1 atom stereocenters. The van der Waals surface area contributed by atoms with E-state index >= 15 is 0 Å². The molecular formula is C9H15ClO3. The Morgan fingerprint density at radius 1 is 1.69 bits per heavy atom. The quantitative estimate of drug-likeness (QED) is 0.421. The van der Waals surface area contributed by atoms with Crippen molar-refractivity contribution in [1.82, 2.24) is 0 Å². The second-order valence-electron chi connectivity index (χ2n) is 3.07. The average Bonchev–Trinajstić information content (AvgIpc) is 2.13. The van der Waals surface area contributed by atoms with Crippen molar-refractivity contribution in [1.29, 1.82) is 0 Å². The number of rotatable bonds is 5. The van der Waals surface area contributed by atoms with Gasteiger partial charge in [-0.15, -0.1) is 11.6 Å². The van der Waals surface area contributed by atoms with Gasteiger partial charge in [0.2, 0.25) is 0 Å². The van der Waals surface area contributed by atoms with Gasteiger partial charge in [0.25, 0.3) is 0 Å². The molecule has 0 aromatic rings. The summed E-state index contributed by atoms with van der Waals surface area (Å²) in [6.45, 7) is 6.66. The van der Waals surface area contributed by atoms with Gasteiger partial charge in [0.05, 0.1) is 5.88 Å². The fourth-order valence-electron chi connectivity index (χ4n) is 0.558. The summed E-state index contributed by atoms with van der Waals surface area (Å²) >= 11 is 5.51. The first-order chi connectivity index (χ1) is 5.95. The molecule has 0 aliphatic rings. The zero-order valence-electron chi connectivity index (χ0n) is 7.97. The Kier molecular flexibility index (Phi) is 5.03. The molecule has 4 heteroatoms. The van der Waals surface area contributed by atoms with Crippen molar-refractivity contribution >= 4 is 17.6 Å². The van der Waals surface area contributed by atoms with Crippen molar-refractivity contribution in [3.8, 4) is 0 Å². The molecule has 0 aromatic carbocycles. The maximum atomic E-state index is 10.9. The van der Waals surface area contributed by atoms with Crippen molar-refractivity contribution in [3.63, 3.8) is 0 Å². The van der Waals surface area contributed by atoms with Crippen LogP contribution in [-0.4, -0.2) is 29.2 Å². The SMILES string of the molecule is C=C(C)C(=O)OCC(O)(CC)CCl. The maximum Gasteiger partial charge on any atom is 0.333 e. The molecule has 1 unspecified atom stereocenters. The van der Waals surface area contributed by atoms with E-state index in [1.807, 2.05) is 0 Å². The molecule has 0 amide bonds.